The third-order valence-electron chi connectivity index (χ3n) is 5.27. The first-order chi connectivity index (χ1) is 14.0. The van der Waals surface area contributed by atoms with Crippen LogP contribution in [0.4, 0.5) is 13.2 Å². The lowest BCUT2D eigenvalue weighted by Crippen LogP contribution is -2.34. The molecule has 162 valence electrons. The van der Waals surface area contributed by atoms with Crippen LogP contribution in [0.15, 0.2) is 29.6 Å². The van der Waals surface area contributed by atoms with Crippen molar-refractivity contribution in [3.8, 4) is 16.3 Å². The first-order valence-corrected chi connectivity index (χ1v) is 9.92. The van der Waals surface area contributed by atoms with E-state index in [2.05, 4.69) is 17.2 Å². The van der Waals surface area contributed by atoms with Crippen molar-refractivity contribution in [3.63, 3.8) is 0 Å². The Balaban J connectivity index is 0.000000318. The van der Waals surface area contributed by atoms with Crippen molar-refractivity contribution in [2.45, 2.75) is 13.1 Å². The molecule has 30 heavy (non-hydrogen) atoms. The van der Waals surface area contributed by atoms with E-state index in [9.17, 15) is 23.1 Å². The summed E-state index contributed by atoms with van der Waals surface area (Å²) in [5.41, 5.74) is 1.64. The van der Waals surface area contributed by atoms with Gasteiger partial charge in [-0.25, -0.2) is 9.78 Å². The highest BCUT2D eigenvalue weighted by Crippen LogP contribution is 2.39. The largest absolute Gasteiger partial charge is 0.508 e. The molecule has 0 bridgehead atoms. The molecule has 0 saturated carbocycles. The van der Waals surface area contributed by atoms with Crippen LogP contribution in [0.2, 0.25) is 0 Å². The summed E-state index contributed by atoms with van der Waals surface area (Å²) in [6, 6.07) is 6.90. The number of aromatic nitrogens is 1. The number of alkyl halides is 3. The number of likely N-dealkylation sites (tertiary alicyclic amines) is 1. The number of thiazole rings is 1. The molecule has 1 aromatic carbocycles. The molecule has 2 atom stereocenters. The number of aliphatic carboxylic acids is 1. The zero-order valence-corrected chi connectivity index (χ0v) is 16.8. The minimum atomic E-state index is -5.08. The van der Waals surface area contributed by atoms with Gasteiger partial charge in [-0.3, -0.25) is 4.79 Å². The lowest BCUT2D eigenvalue weighted by molar-refractivity contribution is -0.192. The molecule has 0 spiro atoms. The van der Waals surface area contributed by atoms with Crippen LogP contribution in [0.25, 0.3) is 10.6 Å². The standard InChI is InChI=1S/C17H19N3O2S.C2HF3O2/c1-17-9-18-6-12(17)7-20(10-17)16(22)14-8-23-15(19-14)11-2-4-13(21)5-3-11;3-2(4,5)1(6)7/h2-5,8,12,18,21H,6-7,9-10H2,1H3;(H,6,7)/t12-,17+;/m0./s1. The summed E-state index contributed by atoms with van der Waals surface area (Å²) in [5.74, 6) is -1.96. The van der Waals surface area contributed by atoms with Crippen molar-refractivity contribution in [1.82, 2.24) is 15.2 Å². The normalized spacial score (nSPS) is 22.9. The van der Waals surface area contributed by atoms with Gasteiger partial charge in [-0.05, 0) is 30.2 Å². The summed E-state index contributed by atoms with van der Waals surface area (Å²) in [4.78, 5) is 28.1. The molecule has 2 fully saturated rings. The van der Waals surface area contributed by atoms with E-state index >= 15 is 0 Å². The summed E-state index contributed by atoms with van der Waals surface area (Å²) in [6.07, 6.45) is -5.08. The Bertz CT molecular complexity index is 932. The van der Waals surface area contributed by atoms with Crippen LogP contribution in [0, 0.1) is 11.3 Å². The molecule has 3 heterocycles. The van der Waals surface area contributed by atoms with E-state index in [0.717, 1.165) is 36.8 Å². The van der Waals surface area contributed by atoms with Gasteiger partial charge in [0.15, 0.2) is 0 Å². The number of carbonyl (C=O) groups excluding carboxylic acids is 1. The molecule has 1 amide bonds. The molecule has 11 heteroatoms. The number of hydrogen-bond acceptors (Lipinski definition) is 6. The maximum Gasteiger partial charge on any atom is 0.490 e. The number of nitrogens with one attached hydrogen (secondary N) is 1. The van der Waals surface area contributed by atoms with Crippen LogP contribution in [-0.4, -0.2) is 64.3 Å². The summed E-state index contributed by atoms with van der Waals surface area (Å²) in [5, 5.41) is 22.5. The molecular weight excluding hydrogens is 423 g/mol. The molecule has 0 aliphatic carbocycles. The monoisotopic (exact) mass is 443 g/mol. The molecule has 2 aromatic rings. The molecule has 0 radical (unpaired) electrons. The second-order valence-electron chi connectivity index (χ2n) is 7.56. The van der Waals surface area contributed by atoms with Gasteiger partial charge in [0, 0.05) is 42.5 Å². The second kappa shape index (κ2) is 8.23. The SMILES string of the molecule is C[C@]12CNC[C@H]1CN(C(=O)c1csc(-c3ccc(O)cc3)n1)C2.O=C(O)C(F)(F)F. The van der Waals surface area contributed by atoms with Crippen molar-refractivity contribution in [2.24, 2.45) is 11.3 Å². The summed E-state index contributed by atoms with van der Waals surface area (Å²) in [6.45, 7) is 5.85. The number of carboxylic acids is 1. The van der Waals surface area contributed by atoms with Crippen LogP contribution < -0.4 is 5.32 Å². The molecule has 2 aliphatic rings. The van der Waals surface area contributed by atoms with Crippen LogP contribution in [-0.2, 0) is 4.79 Å². The Kier molecular flexibility index (Phi) is 6.04. The van der Waals surface area contributed by atoms with E-state index in [1.165, 1.54) is 11.3 Å². The summed E-state index contributed by atoms with van der Waals surface area (Å²) in [7, 11) is 0. The minimum absolute atomic E-state index is 0.0295. The van der Waals surface area contributed by atoms with Gasteiger partial charge in [0.2, 0.25) is 0 Å². The van der Waals surface area contributed by atoms with Crippen molar-refractivity contribution >= 4 is 23.2 Å². The van der Waals surface area contributed by atoms with Crippen LogP contribution in [0.1, 0.15) is 17.4 Å². The van der Waals surface area contributed by atoms with Crippen molar-refractivity contribution in [1.29, 1.82) is 0 Å². The molecule has 0 unspecified atom stereocenters. The minimum Gasteiger partial charge on any atom is -0.508 e. The van der Waals surface area contributed by atoms with Gasteiger partial charge in [0.1, 0.15) is 16.5 Å². The third kappa shape index (κ3) is 4.73. The number of phenolic OH excluding ortho intramolecular Hbond substituents is 1. The van der Waals surface area contributed by atoms with Crippen molar-refractivity contribution in [3.05, 3.63) is 35.3 Å². The van der Waals surface area contributed by atoms with Gasteiger partial charge >= 0.3 is 12.1 Å². The predicted molar refractivity (Wildman–Crippen MR) is 103 cm³/mol. The summed E-state index contributed by atoms with van der Waals surface area (Å²) >= 11 is 1.46. The molecule has 2 saturated heterocycles. The molecule has 4 rings (SSSR count). The Labute approximate surface area is 174 Å². The highest BCUT2D eigenvalue weighted by atomic mass is 32.1. The Morgan fingerprint density at radius 1 is 1.30 bits per heavy atom. The smallest absolute Gasteiger partial charge is 0.490 e. The fraction of sp³-hybridized carbons (Fsp3) is 0.421. The van der Waals surface area contributed by atoms with Gasteiger partial charge in [0.25, 0.3) is 5.91 Å². The van der Waals surface area contributed by atoms with Gasteiger partial charge in [-0.1, -0.05) is 6.92 Å². The Morgan fingerprint density at radius 2 is 1.93 bits per heavy atom. The predicted octanol–water partition coefficient (Wildman–Crippen LogP) is 2.83. The number of halogens is 3. The highest BCUT2D eigenvalue weighted by molar-refractivity contribution is 7.13. The van der Waals surface area contributed by atoms with Gasteiger partial charge in [-0.2, -0.15) is 13.2 Å². The Hall–Kier alpha value is -2.66. The van der Waals surface area contributed by atoms with E-state index in [-0.39, 0.29) is 17.1 Å². The van der Waals surface area contributed by atoms with E-state index in [4.69, 9.17) is 9.90 Å². The zero-order chi connectivity index (χ0) is 22.1. The van der Waals surface area contributed by atoms with Crippen LogP contribution >= 0.6 is 11.3 Å². The maximum atomic E-state index is 12.7. The topological polar surface area (TPSA) is 103 Å². The number of amides is 1. The number of benzene rings is 1. The van der Waals surface area contributed by atoms with E-state index < -0.39 is 12.1 Å². The molecular formula is C19H20F3N3O4S. The fourth-order valence-electron chi connectivity index (χ4n) is 3.58. The number of carbonyl (C=O) groups is 2. The van der Waals surface area contributed by atoms with Crippen LogP contribution in [0.3, 0.4) is 0 Å². The highest BCUT2D eigenvalue weighted by Gasteiger charge is 2.47. The number of hydrogen-bond donors (Lipinski definition) is 3. The van der Waals surface area contributed by atoms with Crippen molar-refractivity contribution < 1.29 is 33.0 Å². The molecule has 1 aromatic heterocycles. The van der Waals surface area contributed by atoms with E-state index in [1.807, 2.05) is 22.4 Å². The Morgan fingerprint density at radius 3 is 2.50 bits per heavy atom. The van der Waals surface area contributed by atoms with Crippen molar-refractivity contribution in [2.75, 3.05) is 26.2 Å². The van der Waals surface area contributed by atoms with Crippen LogP contribution in [0.5, 0.6) is 5.75 Å². The molecule has 3 N–H and O–H groups in total. The lowest BCUT2D eigenvalue weighted by Gasteiger charge is -2.21. The quantitative estimate of drug-likeness (QED) is 0.660. The van der Waals surface area contributed by atoms with E-state index in [0.29, 0.717) is 11.6 Å². The molecule has 2 aliphatic heterocycles. The first kappa shape index (κ1) is 22.0. The second-order valence-corrected chi connectivity index (χ2v) is 8.41. The van der Waals surface area contributed by atoms with Gasteiger partial charge in [0.05, 0.1) is 0 Å². The number of aromatic hydroxyl groups is 1. The first-order valence-electron chi connectivity index (χ1n) is 9.04. The number of rotatable bonds is 2. The lowest BCUT2D eigenvalue weighted by atomic mass is 9.83. The van der Waals surface area contributed by atoms with Gasteiger partial charge in [-0.15, -0.1) is 11.3 Å². The number of carboxylic acid groups (broad SMARTS) is 1. The average molecular weight is 443 g/mol. The van der Waals surface area contributed by atoms with Gasteiger partial charge < -0.3 is 20.4 Å². The third-order valence-corrected chi connectivity index (χ3v) is 6.16. The van der Waals surface area contributed by atoms with E-state index in [1.54, 1.807) is 12.1 Å². The summed E-state index contributed by atoms with van der Waals surface area (Å²) < 4.78 is 31.7. The molecule has 7 nitrogen and oxygen atoms in total. The average Bonchev–Trinajstić information content (AvgIpc) is 3.35. The fourth-order valence-corrected chi connectivity index (χ4v) is 4.38. The maximum absolute atomic E-state index is 12.7. The number of phenols is 1. The zero-order valence-electron chi connectivity index (χ0n) is 15.9. The number of nitrogens with zero attached hydrogens (tertiary/aromatic N) is 2. The number of fused-ring (bicyclic) bond motifs is 1.